The van der Waals surface area contributed by atoms with E-state index < -0.39 is 0 Å². The smallest absolute Gasteiger partial charge is 0.267 e. The first-order valence-corrected chi connectivity index (χ1v) is 10.7. The Hall–Kier alpha value is -3.81. The summed E-state index contributed by atoms with van der Waals surface area (Å²) < 4.78 is 2.05. The van der Waals surface area contributed by atoms with Gasteiger partial charge in [0.05, 0.1) is 17.4 Å². The molecule has 0 spiro atoms. The fourth-order valence-corrected chi connectivity index (χ4v) is 3.96. The number of fused-ring (bicyclic) bond motifs is 1. The molecule has 3 aromatic rings. The summed E-state index contributed by atoms with van der Waals surface area (Å²) in [5.74, 6) is -0.0478. The summed E-state index contributed by atoms with van der Waals surface area (Å²) in [5.41, 5.74) is 7.80. The molecule has 4 N–H and O–H groups in total. The molecule has 1 aliphatic heterocycles. The molecule has 4 rings (SSSR count). The van der Waals surface area contributed by atoms with E-state index in [1.54, 1.807) is 36.5 Å². The lowest BCUT2D eigenvalue weighted by Gasteiger charge is -2.32. The number of carbonyl (C=O) groups is 2. The molecular formula is C24H27N5O3. The van der Waals surface area contributed by atoms with E-state index in [-0.39, 0.29) is 29.3 Å². The third kappa shape index (κ3) is 5.08. The monoisotopic (exact) mass is 433 g/mol. The molecule has 3 heterocycles. The SMILES string of the molecule is NC(=Cc1ccc(O)cc1)C(=O)NC1CCN(C(=O)CCn2ccc3ccncc32)CC1. The van der Waals surface area contributed by atoms with E-state index in [9.17, 15) is 14.7 Å². The standard InChI is InChI=1S/C24H27N5O3/c25-21(15-17-1-3-20(30)4-2-17)24(32)27-19-7-12-29(13-8-19)23(31)9-14-28-11-6-18-5-10-26-16-22(18)28/h1-6,10-11,15-16,19,30H,7-9,12-14,25H2,(H,27,32). The molecule has 1 aromatic carbocycles. The minimum atomic E-state index is -0.323. The number of pyridine rings is 1. The number of benzene rings is 1. The van der Waals surface area contributed by atoms with Crippen LogP contribution in [0.4, 0.5) is 0 Å². The Morgan fingerprint density at radius 1 is 1.16 bits per heavy atom. The zero-order valence-corrected chi connectivity index (χ0v) is 17.8. The van der Waals surface area contributed by atoms with Crippen molar-refractivity contribution in [1.29, 1.82) is 0 Å². The molecule has 0 aliphatic carbocycles. The first kappa shape index (κ1) is 21.4. The van der Waals surface area contributed by atoms with E-state index >= 15 is 0 Å². The number of nitrogens with zero attached hydrogens (tertiary/aromatic N) is 3. The second-order valence-electron chi connectivity index (χ2n) is 8.01. The van der Waals surface area contributed by atoms with E-state index in [1.807, 2.05) is 29.4 Å². The van der Waals surface area contributed by atoms with Crippen LogP contribution >= 0.6 is 0 Å². The number of hydrogen-bond donors (Lipinski definition) is 3. The van der Waals surface area contributed by atoms with Gasteiger partial charge in [0.25, 0.3) is 5.91 Å². The van der Waals surface area contributed by atoms with Crippen molar-refractivity contribution in [3.05, 3.63) is 66.2 Å². The van der Waals surface area contributed by atoms with Gasteiger partial charge >= 0.3 is 0 Å². The van der Waals surface area contributed by atoms with Crippen molar-refractivity contribution >= 4 is 28.8 Å². The van der Waals surface area contributed by atoms with Gasteiger partial charge < -0.3 is 25.6 Å². The number of aromatic hydroxyl groups is 1. The number of hydrogen-bond acceptors (Lipinski definition) is 5. The largest absolute Gasteiger partial charge is 0.508 e. The molecule has 166 valence electrons. The lowest BCUT2D eigenvalue weighted by atomic mass is 10.0. The summed E-state index contributed by atoms with van der Waals surface area (Å²) in [4.78, 5) is 31.1. The molecule has 0 unspecified atom stereocenters. The number of amides is 2. The lowest BCUT2D eigenvalue weighted by Crippen LogP contribution is -2.47. The number of phenols is 1. The van der Waals surface area contributed by atoms with Gasteiger partial charge in [0, 0.05) is 49.9 Å². The van der Waals surface area contributed by atoms with Gasteiger partial charge in [-0.3, -0.25) is 14.6 Å². The number of piperidine rings is 1. The van der Waals surface area contributed by atoms with Crippen molar-refractivity contribution in [2.24, 2.45) is 5.73 Å². The zero-order valence-electron chi connectivity index (χ0n) is 17.8. The van der Waals surface area contributed by atoms with Gasteiger partial charge in [-0.2, -0.15) is 0 Å². The van der Waals surface area contributed by atoms with Crippen LogP contribution in [0.25, 0.3) is 17.0 Å². The predicted octanol–water partition coefficient (Wildman–Crippen LogP) is 2.24. The van der Waals surface area contributed by atoms with Crippen LogP contribution in [0.2, 0.25) is 0 Å². The summed E-state index contributed by atoms with van der Waals surface area (Å²) in [6, 6.07) is 10.4. The van der Waals surface area contributed by atoms with Crippen LogP contribution in [0.3, 0.4) is 0 Å². The molecular weight excluding hydrogens is 406 g/mol. The molecule has 32 heavy (non-hydrogen) atoms. The number of rotatable bonds is 6. The van der Waals surface area contributed by atoms with Crippen molar-refractivity contribution in [3.63, 3.8) is 0 Å². The highest BCUT2D eigenvalue weighted by Gasteiger charge is 2.24. The van der Waals surface area contributed by atoms with Crippen molar-refractivity contribution in [3.8, 4) is 5.75 Å². The minimum Gasteiger partial charge on any atom is -0.508 e. The first-order chi connectivity index (χ1) is 15.5. The number of nitrogens with one attached hydrogen (secondary N) is 1. The lowest BCUT2D eigenvalue weighted by molar-refractivity contribution is -0.132. The van der Waals surface area contributed by atoms with Crippen LogP contribution in [-0.4, -0.2) is 50.5 Å². The highest BCUT2D eigenvalue weighted by atomic mass is 16.3. The fourth-order valence-electron chi connectivity index (χ4n) is 3.96. The Balaban J connectivity index is 1.24. The highest BCUT2D eigenvalue weighted by molar-refractivity contribution is 5.97. The summed E-state index contributed by atoms with van der Waals surface area (Å²) >= 11 is 0. The van der Waals surface area contributed by atoms with Gasteiger partial charge in [-0.15, -0.1) is 0 Å². The summed E-state index contributed by atoms with van der Waals surface area (Å²) in [5, 5.41) is 13.4. The zero-order chi connectivity index (χ0) is 22.5. The molecule has 1 saturated heterocycles. The van der Waals surface area contributed by atoms with Crippen LogP contribution in [-0.2, 0) is 16.1 Å². The fraction of sp³-hybridized carbons (Fsp3) is 0.292. The Bertz CT molecular complexity index is 1130. The molecule has 0 radical (unpaired) electrons. The second kappa shape index (κ2) is 9.55. The maximum absolute atomic E-state index is 12.7. The highest BCUT2D eigenvalue weighted by Crippen LogP contribution is 2.16. The number of likely N-dealkylation sites (tertiary alicyclic amines) is 1. The van der Waals surface area contributed by atoms with E-state index in [0.717, 1.165) is 16.5 Å². The van der Waals surface area contributed by atoms with Crippen molar-refractivity contribution in [2.75, 3.05) is 13.1 Å². The topological polar surface area (TPSA) is 113 Å². The first-order valence-electron chi connectivity index (χ1n) is 10.7. The normalized spacial score (nSPS) is 15.1. The van der Waals surface area contributed by atoms with Gasteiger partial charge in [-0.1, -0.05) is 12.1 Å². The molecule has 1 fully saturated rings. The third-order valence-corrected chi connectivity index (χ3v) is 5.80. The van der Waals surface area contributed by atoms with Gasteiger partial charge in [0.2, 0.25) is 5.91 Å². The summed E-state index contributed by atoms with van der Waals surface area (Å²) in [6.45, 7) is 1.84. The average Bonchev–Trinajstić information content (AvgIpc) is 3.22. The van der Waals surface area contributed by atoms with Gasteiger partial charge in [0.15, 0.2) is 0 Å². The Morgan fingerprint density at radius 2 is 1.91 bits per heavy atom. The number of nitrogens with two attached hydrogens (primary N) is 1. The van der Waals surface area contributed by atoms with Crippen LogP contribution < -0.4 is 11.1 Å². The molecule has 0 bridgehead atoms. The van der Waals surface area contributed by atoms with E-state index in [1.165, 1.54) is 0 Å². The number of aromatic nitrogens is 2. The molecule has 0 saturated carbocycles. The quantitative estimate of drug-likeness (QED) is 0.516. The number of aryl methyl sites for hydroxylation is 1. The molecule has 8 nitrogen and oxygen atoms in total. The summed E-state index contributed by atoms with van der Waals surface area (Å²) in [7, 11) is 0. The number of carbonyl (C=O) groups excluding carboxylic acids is 2. The van der Waals surface area contributed by atoms with Gasteiger partial charge in [-0.05, 0) is 48.7 Å². The van der Waals surface area contributed by atoms with Gasteiger partial charge in [0.1, 0.15) is 5.75 Å². The van der Waals surface area contributed by atoms with Crippen molar-refractivity contribution < 1.29 is 14.7 Å². The molecule has 8 heteroatoms. The van der Waals surface area contributed by atoms with Crippen molar-refractivity contribution in [1.82, 2.24) is 19.8 Å². The Morgan fingerprint density at radius 3 is 2.66 bits per heavy atom. The number of phenolic OH excluding ortho intramolecular Hbond substituents is 1. The molecule has 2 aromatic heterocycles. The maximum Gasteiger partial charge on any atom is 0.267 e. The minimum absolute atomic E-state index is 0.0159. The van der Waals surface area contributed by atoms with E-state index in [0.29, 0.717) is 38.9 Å². The maximum atomic E-state index is 12.7. The molecule has 0 atom stereocenters. The van der Waals surface area contributed by atoms with Crippen LogP contribution in [0.5, 0.6) is 5.75 Å². The van der Waals surface area contributed by atoms with Crippen LogP contribution in [0.1, 0.15) is 24.8 Å². The molecule has 1 aliphatic rings. The van der Waals surface area contributed by atoms with E-state index in [4.69, 9.17) is 5.73 Å². The predicted molar refractivity (Wildman–Crippen MR) is 122 cm³/mol. The molecule has 2 amide bonds. The summed E-state index contributed by atoms with van der Waals surface area (Å²) in [6.07, 6.45) is 8.96. The average molecular weight is 434 g/mol. The third-order valence-electron chi connectivity index (χ3n) is 5.80. The van der Waals surface area contributed by atoms with E-state index in [2.05, 4.69) is 14.9 Å². The second-order valence-corrected chi connectivity index (χ2v) is 8.01. The van der Waals surface area contributed by atoms with Crippen LogP contribution in [0, 0.1) is 0 Å². The Kier molecular flexibility index (Phi) is 6.39. The van der Waals surface area contributed by atoms with Crippen LogP contribution in [0.15, 0.2) is 60.7 Å². The Labute approximate surface area is 186 Å². The van der Waals surface area contributed by atoms with Crippen molar-refractivity contribution in [2.45, 2.75) is 31.8 Å². The van der Waals surface area contributed by atoms with Gasteiger partial charge in [-0.25, -0.2) is 0 Å².